The maximum absolute atomic E-state index is 11.3. The molecule has 32 heavy (non-hydrogen) atoms. The van der Waals surface area contributed by atoms with Gasteiger partial charge in [-0.05, 0) is 60.5 Å². The Morgan fingerprint density at radius 1 is 1.09 bits per heavy atom. The van der Waals surface area contributed by atoms with Crippen LogP contribution in [0.2, 0.25) is 0 Å². The van der Waals surface area contributed by atoms with E-state index in [0.717, 1.165) is 32.1 Å². The van der Waals surface area contributed by atoms with Crippen molar-refractivity contribution in [1.29, 1.82) is 0 Å². The van der Waals surface area contributed by atoms with E-state index in [4.69, 9.17) is 14.5 Å². The van der Waals surface area contributed by atoms with E-state index in [9.17, 15) is 9.90 Å². The number of fused-ring (bicyclic) bond motifs is 1. The van der Waals surface area contributed by atoms with Gasteiger partial charge in [-0.3, -0.25) is 9.78 Å². The number of nitrogens with zero attached hydrogens (tertiary/aromatic N) is 2. The highest BCUT2D eigenvalue weighted by molar-refractivity contribution is 7.19. The summed E-state index contributed by atoms with van der Waals surface area (Å²) in [5.74, 6) is 0.489. The van der Waals surface area contributed by atoms with E-state index >= 15 is 0 Å². The zero-order valence-corrected chi connectivity index (χ0v) is 18.3. The zero-order chi connectivity index (χ0) is 22.3. The highest BCUT2D eigenvalue weighted by atomic mass is 32.1. The first-order valence-corrected chi connectivity index (χ1v) is 10.9. The van der Waals surface area contributed by atoms with Crippen molar-refractivity contribution in [2.75, 3.05) is 7.11 Å². The summed E-state index contributed by atoms with van der Waals surface area (Å²) < 4.78 is 12.5. The first-order chi connectivity index (χ1) is 15.6. The first-order valence-electron chi connectivity index (χ1n) is 10.1. The number of rotatable bonds is 9. The van der Waals surface area contributed by atoms with Crippen LogP contribution < -0.4 is 9.47 Å². The van der Waals surface area contributed by atoms with Crippen LogP contribution in [0.25, 0.3) is 21.9 Å². The van der Waals surface area contributed by atoms with E-state index in [1.54, 1.807) is 24.6 Å². The maximum atomic E-state index is 11.3. The molecule has 0 bridgehead atoms. The fourth-order valence-corrected chi connectivity index (χ4v) is 4.22. The second-order valence-electron chi connectivity index (χ2n) is 7.06. The number of carboxylic acid groups (broad SMARTS) is 1. The number of carbonyl (C=O) groups is 1. The van der Waals surface area contributed by atoms with Crippen molar-refractivity contribution in [3.8, 4) is 11.5 Å². The van der Waals surface area contributed by atoms with E-state index in [1.807, 2.05) is 66.7 Å². The first kappa shape index (κ1) is 21.5. The second kappa shape index (κ2) is 10.1. The van der Waals surface area contributed by atoms with Gasteiger partial charge in [-0.2, -0.15) is 0 Å². The molecule has 0 aliphatic carbocycles. The smallest absolute Gasteiger partial charge is 0.303 e. The third-order valence-corrected chi connectivity index (χ3v) is 5.94. The number of hydrogen-bond acceptors (Lipinski definition) is 6. The molecule has 1 N–H and O–H groups in total. The van der Waals surface area contributed by atoms with Crippen LogP contribution in [0.4, 0.5) is 0 Å². The largest absolute Gasteiger partial charge is 0.497 e. The predicted octanol–water partition coefficient (Wildman–Crippen LogP) is 5.68. The zero-order valence-electron chi connectivity index (χ0n) is 17.5. The van der Waals surface area contributed by atoms with Crippen LogP contribution in [0.3, 0.4) is 0 Å². The summed E-state index contributed by atoms with van der Waals surface area (Å²) in [5.41, 5.74) is 3.34. The molecule has 0 aliphatic rings. The fraction of sp³-hybridized carbons (Fsp3) is 0.160. The predicted molar refractivity (Wildman–Crippen MR) is 126 cm³/mol. The summed E-state index contributed by atoms with van der Waals surface area (Å²) in [6.07, 6.45) is 4.03. The molecule has 7 heteroatoms. The Bertz CT molecular complexity index is 1220. The minimum atomic E-state index is -0.853. The Hall–Kier alpha value is -3.71. The molecule has 0 radical (unpaired) electrons. The van der Waals surface area contributed by atoms with E-state index in [1.165, 1.54) is 0 Å². The molecule has 0 saturated heterocycles. The summed E-state index contributed by atoms with van der Waals surface area (Å²) in [4.78, 5) is 20.3. The van der Waals surface area contributed by atoms with Gasteiger partial charge in [-0.1, -0.05) is 18.2 Å². The van der Waals surface area contributed by atoms with Crippen molar-refractivity contribution in [3.05, 3.63) is 83.1 Å². The summed E-state index contributed by atoms with van der Waals surface area (Å²) in [7, 11) is 1.61. The van der Waals surface area contributed by atoms with Crippen molar-refractivity contribution < 1.29 is 19.4 Å². The molecule has 2 aromatic carbocycles. The van der Waals surface area contributed by atoms with Crippen LogP contribution in [0.15, 0.2) is 66.9 Å². The van der Waals surface area contributed by atoms with Gasteiger partial charge in [0.25, 0.3) is 0 Å². The standard InChI is InChI=1S/C25H22N2O4S/c1-30-20-10-11-22(31-16-19-6-4-5-13-26-19)18(15-20)14-17(9-12-24(28)29)25-27-21-7-2-3-8-23(21)32-25/h2-8,10-11,13-15H,9,12,16H2,1H3,(H,28,29)/b17-14+. The minimum absolute atomic E-state index is 0.00977. The van der Waals surface area contributed by atoms with Crippen LogP contribution in [-0.2, 0) is 11.4 Å². The van der Waals surface area contributed by atoms with E-state index in [-0.39, 0.29) is 6.42 Å². The van der Waals surface area contributed by atoms with Crippen LogP contribution in [0, 0.1) is 0 Å². The Morgan fingerprint density at radius 2 is 1.94 bits per heavy atom. The summed E-state index contributed by atoms with van der Waals surface area (Å²) in [6, 6.07) is 19.1. The average molecular weight is 447 g/mol. The number of allylic oxidation sites excluding steroid dienone is 1. The Balaban J connectivity index is 1.72. The number of ether oxygens (including phenoxy) is 2. The van der Waals surface area contributed by atoms with Gasteiger partial charge in [-0.15, -0.1) is 11.3 Å². The molecule has 0 fully saturated rings. The van der Waals surface area contributed by atoms with Crippen molar-refractivity contribution in [1.82, 2.24) is 9.97 Å². The lowest BCUT2D eigenvalue weighted by atomic mass is 10.1. The second-order valence-corrected chi connectivity index (χ2v) is 8.09. The molecule has 0 spiro atoms. The number of hydrogen-bond donors (Lipinski definition) is 1. The Kier molecular flexibility index (Phi) is 6.77. The summed E-state index contributed by atoms with van der Waals surface area (Å²) >= 11 is 1.55. The van der Waals surface area contributed by atoms with Gasteiger partial charge in [0.1, 0.15) is 23.1 Å². The van der Waals surface area contributed by atoms with Crippen molar-refractivity contribution in [3.63, 3.8) is 0 Å². The molecule has 162 valence electrons. The van der Waals surface area contributed by atoms with Gasteiger partial charge in [0, 0.05) is 18.2 Å². The minimum Gasteiger partial charge on any atom is -0.497 e. The topological polar surface area (TPSA) is 81.5 Å². The van der Waals surface area contributed by atoms with Crippen LogP contribution >= 0.6 is 11.3 Å². The molecular formula is C25H22N2O4S. The quantitative estimate of drug-likeness (QED) is 0.356. The van der Waals surface area contributed by atoms with Crippen LogP contribution in [-0.4, -0.2) is 28.2 Å². The van der Waals surface area contributed by atoms with Gasteiger partial charge < -0.3 is 14.6 Å². The fourth-order valence-electron chi connectivity index (χ4n) is 3.21. The van der Waals surface area contributed by atoms with Gasteiger partial charge >= 0.3 is 5.97 Å². The third kappa shape index (κ3) is 5.31. The van der Waals surface area contributed by atoms with Gasteiger partial charge in [0.2, 0.25) is 0 Å². The number of pyridine rings is 1. The Morgan fingerprint density at radius 3 is 2.69 bits per heavy atom. The van der Waals surface area contributed by atoms with Gasteiger partial charge in [0.15, 0.2) is 0 Å². The number of aromatic nitrogens is 2. The normalized spacial score (nSPS) is 11.5. The third-order valence-electron chi connectivity index (χ3n) is 4.83. The molecule has 0 atom stereocenters. The summed E-state index contributed by atoms with van der Waals surface area (Å²) in [6.45, 7) is 0.319. The lowest BCUT2D eigenvalue weighted by Gasteiger charge is -2.12. The lowest BCUT2D eigenvalue weighted by Crippen LogP contribution is -2.00. The molecule has 0 saturated carbocycles. The SMILES string of the molecule is COc1ccc(OCc2ccccn2)c(/C=C(\CCC(=O)O)c2nc3ccccc3s2)c1. The summed E-state index contributed by atoms with van der Waals surface area (Å²) in [5, 5.41) is 10.1. The van der Waals surface area contributed by atoms with Crippen molar-refractivity contribution in [2.45, 2.75) is 19.4 Å². The van der Waals surface area contributed by atoms with Gasteiger partial charge in [0.05, 0.1) is 23.0 Å². The molecular weight excluding hydrogens is 424 g/mol. The molecule has 6 nitrogen and oxygen atoms in total. The number of para-hydroxylation sites is 1. The Labute approximate surface area is 189 Å². The number of carboxylic acids is 1. The van der Waals surface area contributed by atoms with Crippen molar-refractivity contribution >= 4 is 39.2 Å². The van der Waals surface area contributed by atoms with E-state index in [0.29, 0.717) is 24.5 Å². The number of thiazole rings is 1. The molecule has 0 amide bonds. The maximum Gasteiger partial charge on any atom is 0.303 e. The van der Waals surface area contributed by atoms with E-state index in [2.05, 4.69) is 4.98 Å². The molecule has 0 aliphatic heterocycles. The number of methoxy groups -OCH3 is 1. The lowest BCUT2D eigenvalue weighted by molar-refractivity contribution is -0.136. The van der Waals surface area contributed by atoms with Gasteiger partial charge in [-0.25, -0.2) is 4.98 Å². The molecule has 2 aromatic heterocycles. The molecule has 0 unspecified atom stereocenters. The average Bonchev–Trinajstić information content (AvgIpc) is 3.25. The molecule has 4 rings (SSSR count). The molecule has 2 heterocycles. The number of benzene rings is 2. The monoisotopic (exact) mass is 446 g/mol. The highest BCUT2D eigenvalue weighted by Crippen LogP contribution is 2.34. The van der Waals surface area contributed by atoms with E-state index < -0.39 is 5.97 Å². The van der Waals surface area contributed by atoms with Crippen molar-refractivity contribution in [2.24, 2.45) is 0 Å². The van der Waals surface area contributed by atoms with Crippen LogP contribution in [0.5, 0.6) is 11.5 Å². The highest BCUT2D eigenvalue weighted by Gasteiger charge is 2.13. The van der Waals surface area contributed by atoms with Crippen LogP contribution in [0.1, 0.15) is 29.1 Å². The molecule has 4 aromatic rings. The number of aliphatic carboxylic acids is 1.